The van der Waals surface area contributed by atoms with E-state index in [4.69, 9.17) is 22.7 Å². The van der Waals surface area contributed by atoms with Crippen molar-refractivity contribution in [1.29, 1.82) is 0 Å². The van der Waals surface area contributed by atoms with Crippen LogP contribution in [0.2, 0.25) is 0 Å². The Kier molecular flexibility index (Phi) is 4.44. The lowest BCUT2D eigenvalue weighted by Gasteiger charge is -2.25. The first kappa shape index (κ1) is 12.9. The van der Waals surface area contributed by atoms with Gasteiger partial charge < -0.3 is 10.5 Å². The minimum Gasteiger partial charge on any atom is -0.389 e. The summed E-state index contributed by atoms with van der Waals surface area (Å²) in [6, 6.07) is 0. The molecule has 0 aromatic carbocycles. The van der Waals surface area contributed by atoms with Crippen LogP contribution in [0.4, 0.5) is 0 Å². The summed E-state index contributed by atoms with van der Waals surface area (Å²) in [7, 11) is 0. The van der Waals surface area contributed by atoms with Crippen LogP contribution >= 0.6 is 23.6 Å². The molecule has 1 aromatic heterocycles. The number of hydrogen-bond donors (Lipinski definition) is 1. The molecule has 6 heteroatoms. The SMILES string of the molecule is Cc1nc(CCN2CCOCC2)sc1C(N)=S. The molecule has 0 unspecified atom stereocenters. The summed E-state index contributed by atoms with van der Waals surface area (Å²) >= 11 is 6.61. The highest BCUT2D eigenvalue weighted by molar-refractivity contribution is 7.81. The summed E-state index contributed by atoms with van der Waals surface area (Å²) in [6.07, 6.45) is 0.966. The van der Waals surface area contributed by atoms with Crippen molar-refractivity contribution in [3.8, 4) is 0 Å². The molecule has 0 bridgehead atoms. The molecule has 0 spiro atoms. The van der Waals surface area contributed by atoms with Crippen molar-refractivity contribution in [2.24, 2.45) is 5.73 Å². The Hall–Kier alpha value is -0.560. The van der Waals surface area contributed by atoms with Gasteiger partial charge in [-0.05, 0) is 6.92 Å². The van der Waals surface area contributed by atoms with Crippen molar-refractivity contribution in [2.45, 2.75) is 13.3 Å². The molecule has 0 amide bonds. The number of ether oxygens (including phenoxy) is 1. The molecule has 1 saturated heterocycles. The van der Waals surface area contributed by atoms with Crippen LogP contribution in [0.15, 0.2) is 0 Å². The summed E-state index contributed by atoms with van der Waals surface area (Å²) in [5.74, 6) is 0. The third-order valence-corrected chi connectivity index (χ3v) is 4.39. The van der Waals surface area contributed by atoms with E-state index in [-0.39, 0.29) is 0 Å². The Morgan fingerprint density at radius 1 is 1.53 bits per heavy atom. The maximum absolute atomic E-state index is 5.64. The van der Waals surface area contributed by atoms with Crippen molar-refractivity contribution < 1.29 is 4.74 Å². The Labute approximate surface area is 111 Å². The van der Waals surface area contributed by atoms with Gasteiger partial charge in [0, 0.05) is 26.1 Å². The van der Waals surface area contributed by atoms with Crippen LogP contribution in [-0.2, 0) is 11.2 Å². The third-order valence-electron chi connectivity index (χ3n) is 2.81. The zero-order chi connectivity index (χ0) is 12.3. The first-order valence-electron chi connectivity index (χ1n) is 5.73. The fourth-order valence-corrected chi connectivity index (χ4v) is 3.04. The van der Waals surface area contributed by atoms with E-state index >= 15 is 0 Å². The zero-order valence-electron chi connectivity index (χ0n) is 9.94. The normalized spacial score (nSPS) is 17.2. The van der Waals surface area contributed by atoms with E-state index < -0.39 is 0 Å². The summed E-state index contributed by atoms with van der Waals surface area (Å²) in [6.45, 7) is 6.72. The van der Waals surface area contributed by atoms with Crippen molar-refractivity contribution >= 4 is 28.5 Å². The topological polar surface area (TPSA) is 51.4 Å². The molecule has 1 fully saturated rings. The van der Waals surface area contributed by atoms with Gasteiger partial charge in [0.05, 0.1) is 28.8 Å². The zero-order valence-corrected chi connectivity index (χ0v) is 11.6. The molecule has 0 radical (unpaired) electrons. The highest BCUT2D eigenvalue weighted by Gasteiger charge is 2.13. The van der Waals surface area contributed by atoms with Gasteiger partial charge in [0.2, 0.25) is 0 Å². The second kappa shape index (κ2) is 5.86. The lowest BCUT2D eigenvalue weighted by atomic mass is 10.3. The molecule has 0 aliphatic carbocycles. The highest BCUT2D eigenvalue weighted by atomic mass is 32.1. The molecule has 1 aliphatic rings. The lowest BCUT2D eigenvalue weighted by molar-refractivity contribution is 0.0384. The van der Waals surface area contributed by atoms with Gasteiger partial charge in [-0.1, -0.05) is 12.2 Å². The average molecular weight is 271 g/mol. The van der Waals surface area contributed by atoms with Crippen molar-refractivity contribution in [3.63, 3.8) is 0 Å². The molecule has 17 heavy (non-hydrogen) atoms. The smallest absolute Gasteiger partial charge is 0.116 e. The molecule has 0 saturated carbocycles. The average Bonchev–Trinajstić information content (AvgIpc) is 2.69. The Bertz CT molecular complexity index is 399. The molecule has 1 aromatic rings. The van der Waals surface area contributed by atoms with E-state index in [0.29, 0.717) is 4.99 Å². The standard InChI is InChI=1S/C11H17N3OS2/c1-8-10(11(12)16)17-9(13-8)2-3-14-4-6-15-7-5-14/h2-7H2,1H3,(H2,12,16). The largest absolute Gasteiger partial charge is 0.389 e. The van der Waals surface area contributed by atoms with Gasteiger partial charge in [-0.15, -0.1) is 11.3 Å². The Morgan fingerprint density at radius 2 is 2.24 bits per heavy atom. The predicted molar refractivity (Wildman–Crippen MR) is 73.7 cm³/mol. The monoisotopic (exact) mass is 271 g/mol. The van der Waals surface area contributed by atoms with Crippen LogP contribution in [0, 0.1) is 6.92 Å². The number of thiocarbonyl (C=S) groups is 1. The molecular formula is C11H17N3OS2. The maximum atomic E-state index is 5.64. The van der Waals surface area contributed by atoms with E-state index in [1.54, 1.807) is 11.3 Å². The van der Waals surface area contributed by atoms with Crippen molar-refractivity contribution in [3.05, 3.63) is 15.6 Å². The van der Waals surface area contributed by atoms with Crippen LogP contribution in [-0.4, -0.2) is 47.7 Å². The maximum Gasteiger partial charge on any atom is 0.116 e. The summed E-state index contributed by atoms with van der Waals surface area (Å²) in [5.41, 5.74) is 6.60. The minimum absolute atomic E-state index is 0.456. The van der Waals surface area contributed by atoms with Gasteiger partial charge in [0.1, 0.15) is 4.99 Å². The summed E-state index contributed by atoms with van der Waals surface area (Å²) < 4.78 is 5.32. The number of nitrogens with two attached hydrogens (primary N) is 1. The second-order valence-electron chi connectivity index (χ2n) is 4.09. The predicted octanol–water partition coefficient (Wildman–Crippen LogP) is 0.960. The second-order valence-corrected chi connectivity index (χ2v) is 5.61. The first-order chi connectivity index (χ1) is 8.16. The van der Waals surface area contributed by atoms with E-state index in [9.17, 15) is 0 Å². The number of aryl methyl sites for hydroxylation is 1. The fourth-order valence-electron chi connectivity index (χ4n) is 1.87. The van der Waals surface area contributed by atoms with Gasteiger partial charge in [-0.2, -0.15) is 0 Å². The van der Waals surface area contributed by atoms with Crippen LogP contribution in [0.25, 0.3) is 0 Å². The van der Waals surface area contributed by atoms with Crippen LogP contribution < -0.4 is 5.73 Å². The third kappa shape index (κ3) is 3.45. The minimum atomic E-state index is 0.456. The van der Waals surface area contributed by atoms with E-state index in [1.807, 2.05) is 6.92 Å². The van der Waals surface area contributed by atoms with E-state index in [1.165, 1.54) is 0 Å². The molecular weight excluding hydrogens is 254 g/mol. The van der Waals surface area contributed by atoms with Gasteiger partial charge in [-0.25, -0.2) is 4.98 Å². The molecule has 2 rings (SSSR count). The van der Waals surface area contributed by atoms with E-state index in [2.05, 4.69) is 9.88 Å². The molecule has 0 atom stereocenters. The van der Waals surface area contributed by atoms with Crippen LogP contribution in [0.1, 0.15) is 15.6 Å². The molecule has 2 heterocycles. The van der Waals surface area contributed by atoms with Gasteiger partial charge in [0.15, 0.2) is 0 Å². The fraction of sp³-hybridized carbons (Fsp3) is 0.636. The van der Waals surface area contributed by atoms with Gasteiger partial charge in [-0.3, -0.25) is 4.90 Å². The number of nitrogens with zero attached hydrogens (tertiary/aromatic N) is 2. The van der Waals surface area contributed by atoms with Crippen molar-refractivity contribution in [2.75, 3.05) is 32.8 Å². The molecule has 2 N–H and O–H groups in total. The number of morpholine rings is 1. The lowest BCUT2D eigenvalue weighted by Crippen LogP contribution is -2.37. The summed E-state index contributed by atoms with van der Waals surface area (Å²) in [4.78, 5) is 8.32. The first-order valence-corrected chi connectivity index (χ1v) is 6.95. The quantitative estimate of drug-likeness (QED) is 0.827. The Morgan fingerprint density at radius 3 is 2.82 bits per heavy atom. The summed E-state index contributed by atoms with van der Waals surface area (Å²) in [5, 5.41) is 1.12. The highest BCUT2D eigenvalue weighted by Crippen LogP contribution is 2.18. The van der Waals surface area contributed by atoms with Crippen molar-refractivity contribution in [1.82, 2.24) is 9.88 Å². The van der Waals surface area contributed by atoms with Crippen LogP contribution in [0.3, 0.4) is 0 Å². The van der Waals surface area contributed by atoms with Gasteiger partial charge >= 0.3 is 0 Å². The molecule has 1 aliphatic heterocycles. The number of rotatable bonds is 4. The molecule has 94 valence electrons. The number of hydrogen-bond acceptors (Lipinski definition) is 5. The van der Waals surface area contributed by atoms with Gasteiger partial charge in [0.25, 0.3) is 0 Å². The van der Waals surface area contributed by atoms with Crippen LogP contribution in [0.5, 0.6) is 0 Å². The number of aromatic nitrogens is 1. The molecule has 4 nitrogen and oxygen atoms in total. The Balaban J connectivity index is 1.90. The van der Waals surface area contributed by atoms with E-state index in [0.717, 1.165) is 54.8 Å². The number of thiazole rings is 1.